The molecule has 16 heavy (non-hydrogen) atoms. The van der Waals surface area contributed by atoms with Gasteiger partial charge in [-0.2, -0.15) is 0 Å². The van der Waals surface area contributed by atoms with Crippen molar-refractivity contribution in [2.45, 2.75) is 0 Å². The molecule has 0 saturated carbocycles. The van der Waals surface area contributed by atoms with Gasteiger partial charge in [0.1, 0.15) is 5.00 Å². The zero-order valence-corrected chi connectivity index (χ0v) is 10.6. The van der Waals surface area contributed by atoms with Crippen molar-refractivity contribution in [2.75, 3.05) is 38.1 Å². The van der Waals surface area contributed by atoms with E-state index in [9.17, 15) is 4.79 Å². The second-order valence-electron chi connectivity index (χ2n) is 3.66. The number of piperazine rings is 1. The Kier molecular flexibility index (Phi) is 3.68. The maximum atomic E-state index is 12.1. The maximum absolute atomic E-state index is 12.1. The first-order valence-electron chi connectivity index (χ1n) is 5.17. The predicted octanol–water partition coefficient (Wildman–Crippen LogP) is 1.86. The van der Waals surface area contributed by atoms with Crippen LogP contribution in [0.1, 0.15) is 0 Å². The second kappa shape index (κ2) is 5.03. The van der Waals surface area contributed by atoms with Crippen molar-refractivity contribution in [3.8, 4) is 0 Å². The van der Waals surface area contributed by atoms with Crippen LogP contribution in [0.15, 0.2) is 12.1 Å². The molecule has 0 spiro atoms. The first kappa shape index (κ1) is 11.7. The lowest BCUT2D eigenvalue weighted by Crippen LogP contribution is -2.50. The highest BCUT2D eigenvalue weighted by molar-refractivity contribution is 7.20. The number of rotatable bonds is 1. The highest BCUT2D eigenvalue weighted by Gasteiger charge is 2.21. The van der Waals surface area contributed by atoms with E-state index in [1.54, 1.807) is 11.9 Å². The van der Waals surface area contributed by atoms with Gasteiger partial charge in [0.05, 0.1) is 4.34 Å². The van der Waals surface area contributed by atoms with Crippen LogP contribution in [0.3, 0.4) is 0 Å². The van der Waals surface area contributed by atoms with E-state index in [1.807, 2.05) is 17.0 Å². The molecule has 88 valence electrons. The Labute approximate surface area is 104 Å². The molecule has 1 aromatic heterocycles. The number of nitrogens with one attached hydrogen (secondary N) is 1. The molecular weight excluding hydrogens is 246 g/mol. The summed E-state index contributed by atoms with van der Waals surface area (Å²) in [6.45, 7) is 3.26. The van der Waals surface area contributed by atoms with Crippen LogP contribution in [0.4, 0.5) is 9.80 Å². The van der Waals surface area contributed by atoms with Crippen molar-refractivity contribution < 1.29 is 4.79 Å². The lowest BCUT2D eigenvalue weighted by atomic mass is 10.4. The topological polar surface area (TPSA) is 35.6 Å². The molecule has 0 unspecified atom stereocenters. The molecule has 0 radical (unpaired) electrons. The molecule has 0 aliphatic carbocycles. The van der Waals surface area contributed by atoms with Crippen molar-refractivity contribution in [3.05, 3.63) is 16.5 Å². The molecule has 1 aliphatic rings. The highest BCUT2D eigenvalue weighted by Crippen LogP contribution is 2.29. The van der Waals surface area contributed by atoms with Gasteiger partial charge in [0, 0.05) is 33.2 Å². The van der Waals surface area contributed by atoms with Gasteiger partial charge in [-0.05, 0) is 12.1 Å². The number of anilines is 1. The van der Waals surface area contributed by atoms with Crippen LogP contribution in [-0.2, 0) is 0 Å². The summed E-state index contributed by atoms with van der Waals surface area (Å²) in [5.41, 5.74) is 0. The smallest absolute Gasteiger partial charge is 0.322 e. The Hall–Kier alpha value is -0.780. The van der Waals surface area contributed by atoms with Crippen LogP contribution in [0.5, 0.6) is 0 Å². The first-order valence-corrected chi connectivity index (χ1v) is 6.36. The Morgan fingerprint density at radius 3 is 2.75 bits per heavy atom. The second-order valence-corrected chi connectivity index (χ2v) is 5.35. The van der Waals surface area contributed by atoms with Crippen LogP contribution in [0, 0.1) is 0 Å². The molecule has 1 saturated heterocycles. The number of nitrogens with zero attached hydrogens (tertiary/aromatic N) is 2. The van der Waals surface area contributed by atoms with Crippen LogP contribution in [-0.4, -0.2) is 44.2 Å². The van der Waals surface area contributed by atoms with E-state index >= 15 is 0 Å². The van der Waals surface area contributed by atoms with Gasteiger partial charge < -0.3 is 10.2 Å². The summed E-state index contributed by atoms with van der Waals surface area (Å²) < 4.78 is 0.704. The largest absolute Gasteiger partial charge is 0.324 e. The van der Waals surface area contributed by atoms with Crippen LogP contribution >= 0.6 is 22.9 Å². The molecule has 6 heteroatoms. The van der Waals surface area contributed by atoms with Crippen molar-refractivity contribution in [1.82, 2.24) is 10.2 Å². The monoisotopic (exact) mass is 259 g/mol. The van der Waals surface area contributed by atoms with Crippen LogP contribution in [0.2, 0.25) is 4.34 Å². The zero-order valence-electron chi connectivity index (χ0n) is 9.07. The zero-order chi connectivity index (χ0) is 11.5. The number of urea groups is 1. The maximum Gasteiger partial charge on any atom is 0.324 e. The van der Waals surface area contributed by atoms with Crippen molar-refractivity contribution in [3.63, 3.8) is 0 Å². The lowest BCUT2D eigenvalue weighted by Gasteiger charge is -2.30. The third-order valence-corrected chi connectivity index (χ3v) is 3.87. The Morgan fingerprint density at radius 1 is 1.50 bits per heavy atom. The number of halogens is 1. The minimum Gasteiger partial charge on any atom is -0.322 e. The molecule has 2 heterocycles. The average Bonchev–Trinajstić information content (AvgIpc) is 2.75. The predicted molar refractivity (Wildman–Crippen MR) is 67.6 cm³/mol. The quantitative estimate of drug-likeness (QED) is 0.836. The number of amides is 2. The summed E-state index contributed by atoms with van der Waals surface area (Å²) in [5.74, 6) is 0. The highest BCUT2D eigenvalue weighted by atomic mass is 35.5. The molecule has 1 aliphatic heterocycles. The van der Waals surface area contributed by atoms with E-state index in [4.69, 9.17) is 11.6 Å². The van der Waals surface area contributed by atoms with E-state index in [0.717, 1.165) is 31.2 Å². The van der Waals surface area contributed by atoms with Gasteiger partial charge in [-0.1, -0.05) is 11.6 Å². The van der Waals surface area contributed by atoms with E-state index in [0.29, 0.717) is 4.34 Å². The first-order chi connectivity index (χ1) is 7.68. The summed E-state index contributed by atoms with van der Waals surface area (Å²) in [7, 11) is 1.78. The molecule has 2 rings (SSSR count). The van der Waals surface area contributed by atoms with Gasteiger partial charge in [0.25, 0.3) is 0 Å². The summed E-state index contributed by atoms with van der Waals surface area (Å²) in [4.78, 5) is 15.6. The Balaban J connectivity index is 2.03. The number of hydrogen-bond acceptors (Lipinski definition) is 3. The summed E-state index contributed by atoms with van der Waals surface area (Å²) >= 11 is 7.27. The minimum atomic E-state index is 0.0417. The van der Waals surface area contributed by atoms with Gasteiger partial charge >= 0.3 is 6.03 Å². The van der Waals surface area contributed by atoms with E-state index in [-0.39, 0.29) is 6.03 Å². The fourth-order valence-electron chi connectivity index (χ4n) is 1.65. The third-order valence-electron chi connectivity index (χ3n) is 2.56. The fourth-order valence-corrected chi connectivity index (χ4v) is 2.63. The SMILES string of the molecule is CN(C(=O)N1CCNCC1)c1ccc(Cl)s1. The third kappa shape index (κ3) is 2.48. The number of thiophene rings is 1. The van der Waals surface area contributed by atoms with Gasteiger partial charge in [0.15, 0.2) is 0 Å². The van der Waals surface area contributed by atoms with Crippen molar-refractivity contribution >= 4 is 34.0 Å². The summed E-state index contributed by atoms with van der Waals surface area (Å²) in [5, 5.41) is 4.10. The van der Waals surface area contributed by atoms with Crippen LogP contribution in [0.25, 0.3) is 0 Å². The number of hydrogen-bond donors (Lipinski definition) is 1. The Bertz CT molecular complexity index is 376. The normalized spacial score (nSPS) is 16.2. The molecule has 0 aromatic carbocycles. The van der Waals surface area contributed by atoms with Crippen molar-refractivity contribution in [1.29, 1.82) is 0 Å². The van der Waals surface area contributed by atoms with E-state index < -0.39 is 0 Å². The molecular formula is C10H14ClN3OS. The standard InChI is InChI=1S/C10H14ClN3OS/c1-13(9-3-2-8(11)16-9)10(15)14-6-4-12-5-7-14/h2-3,12H,4-7H2,1H3. The molecule has 0 atom stereocenters. The minimum absolute atomic E-state index is 0.0417. The molecule has 1 N–H and O–H groups in total. The van der Waals surface area contributed by atoms with E-state index in [1.165, 1.54) is 11.3 Å². The van der Waals surface area contributed by atoms with Gasteiger partial charge in [-0.25, -0.2) is 4.79 Å². The number of carbonyl (C=O) groups excluding carboxylic acids is 1. The van der Waals surface area contributed by atoms with Gasteiger partial charge in [-0.15, -0.1) is 11.3 Å². The molecule has 1 fully saturated rings. The number of carbonyl (C=O) groups is 1. The summed E-state index contributed by atoms with van der Waals surface area (Å²) in [6.07, 6.45) is 0. The molecule has 0 bridgehead atoms. The molecule has 4 nitrogen and oxygen atoms in total. The fraction of sp³-hybridized carbons (Fsp3) is 0.500. The molecule has 2 amide bonds. The van der Waals surface area contributed by atoms with E-state index in [2.05, 4.69) is 5.32 Å². The van der Waals surface area contributed by atoms with Gasteiger partial charge in [-0.3, -0.25) is 4.90 Å². The summed E-state index contributed by atoms with van der Waals surface area (Å²) in [6, 6.07) is 3.72. The van der Waals surface area contributed by atoms with Gasteiger partial charge in [0.2, 0.25) is 0 Å². The molecule has 1 aromatic rings. The van der Waals surface area contributed by atoms with Crippen molar-refractivity contribution in [2.24, 2.45) is 0 Å². The van der Waals surface area contributed by atoms with Crippen LogP contribution < -0.4 is 10.2 Å². The Morgan fingerprint density at radius 2 is 2.19 bits per heavy atom. The lowest BCUT2D eigenvalue weighted by molar-refractivity contribution is 0.198. The average molecular weight is 260 g/mol.